The summed E-state index contributed by atoms with van der Waals surface area (Å²) in [5.41, 5.74) is 0. The minimum absolute atomic E-state index is 1.02. The first-order valence-electron chi connectivity index (χ1n) is 4.63. The maximum absolute atomic E-state index is 3.51. The Morgan fingerprint density at radius 2 is 2.27 bits per heavy atom. The van der Waals surface area contributed by atoms with Crippen LogP contribution in [0.25, 0.3) is 0 Å². The molecule has 0 heterocycles. The van der Waals surface area contributed by atoms with Gasteiger partial charge in [-0.25, -0.2) is 0 Å². The second-order valence-electron chi connectivity index (χ2n) is 3.35. The molecule has 0 saturated heterocycles. The lowest BCUT2D eigenvalue weighted by atomic mass is 9.85. The third-order valence-corrected chi connectivity index (χ3v) is 3.06. The van der Waals surface area contributed by atoms with Gasteiger partial charge >= 0.3 is 0 Å². The zero-order chi connectivity index (χ0) is 7.94. The van der Waals surface area contributed by atoms with Crippen molar-refractivity contribution in [3.8, 4) is 0 Å². The largest absolute Gasteiger partial charge is 0.316 e. The van der Waals surface area contributed by atoms with Crippen LogP contribution in [-0.2, 0) is 0 Å². The highest BCUT2D eigenvalue weighted by atomic mass is 32.2. The molecule has 2 heteroatoms. The van der Waals surface area contributed by atoms with E-state index in [0.717, 1.165) is 5.92 Å². The summed E-state index contributed by atoms with van der Waals surface area (Å²) in [6, 6.07) is 0. The first-order chi connectivity index (χ1) is 5.43. The van der Waals surface area contributed by atoms with Crippen molar-refractivity contribution in [1.82, 2.24) is 5.32 Å². The van der Waals surface area contributed by atoms with Crippen LogP contribution in [0, 0.1) is 5.92 Å². The van der Waals surface area contributed by atoms with Gasteiger partial charge in [-0.3, -0.25) is 0 Å². The number of hydrogen-bond acceptors (Lipinski definition) is 2. The van der Waals surface area contributed by atoms with Crippen LogP contribution in [0.5, 0.6) is 0 Å². The van der Waals surface area contributed by atoms with Gasteiger partial charge in [-0.1, -0.05) is 6.42 Å². The maximum atomic E-state index is 3.51. The second-order valence-corrected chi connectivity index (χ2v) is 4.33. The summed E-state index contributed by atoms with van der Waals surface area (Å²) < 4.78 is 0. The van der Waals surface area contributed by atoms with Crippen molar-refractivity contribution in [2.24, 2.45) is 5.92 Å². The van der Waals surface area contributed by atoms with Crippen LogP contribution >= 0.6 is 11.8 Å². The molecule has 0 aromatic carbocycles. The zero-order valence-electron chi connectivity index (χ0n) is 7.44. The van der Waals surface area contributed by atoms with Crippen molar-refractivity contribution in [1.29, 1.82) is 0 Å². The first kappa shape index (κ1) is 9.40. The Balaban J connectivity index is 1.73. The standard InChI is InChI=1S/C9H19NS/c1-11-7-3-6-10-8-9-4-2-5-9/h9-10H,2-8H2,1H3. The Morgan fingerprint density at radius 3 is 2.82 bits per heavy atom. The molecule has 0 amide bonds. The first-order valence-corrected chi connectivity index (χ1v) is 6.02. The molecule has 1 rings (SSSR count). The maximum Gasteiger partial charge on any atom is -0.00205 e. The van der Waals surface area contributed by atoms with E-state index in [4.69, 9.17) is 0 Å². The summed E-state index contributed by atoms with van der Waals surface area (Å²) in [7, 11) is 0. The van der Waals surface area contributed by atoms with Gasteiger partial charge < -0.3 is 5.32 Å². The molecule has 11 heavy (non-hydrogen) atoms. The van der Waals surface area contributed by atoms with E-state index in [1.165, 1.54) is 44.5 Å². The normalized spacial score (nSPS) is 18.3. The van der Waals surface area contributed by atoms with Gasteiger partial charge in [0.05, 0.1) is 0 Å². The van der Waals surface area contributed by atoms with Gasteiger partial charge in [0.25, 0.3) is 0 Å². The zero-order valence-corrected chi connectivity index (χ0v) is 8.25. The number of hydrogen-bond donors (Lipinski definition) is 1. The van der Waals surface area contributed by atoms with Crippen molar-refractivity contribution >= 4 is 11.8 Å². The molecule has 0 unspecified atom stereocenters. The summed E-state index contributed by atoms with van der Waals surface area (Å²) in [5.74, 6) is 2.32. The molecular formula is C9H19NS. The molecule has 0 radical (unpaired) electrons. The number of nitrogens with one attached hydrogen (secondary N) is 1. The quantitative estimate of drug-likeness (QED) is 0.618. The highest BCUT2D eigenvalue weighted by Crippen LogP contribution is 2.24. The molecule has 1 saturated carbocycles. The van der Waals surface area contributed by atoms with Gasteiger partial charge in [-0.15, -0.1) is 0 Å². The Hall–Kier alpha value is 0.310. The highest BCUT2D eigenvalue weighted by Gasteiger charge is 2.15. The average molecular weight is 173 g/mol. The van der Waals surface area contributed by atoms with Gasteiger partial charge in [0.15, 0.2) is 0 Å². The molecular weight excluding hydrogens is 154 g/mol. The number of rotatable bonds is 6. The van der Waals surface area contributed by atoms with E-state index in [9.17, 15) is 0 Å². The molecule has 1 N–H and O–H groups in total. The van der Waals surface area contributed by atoms with Crippen LogP contribution in [0.2, 0.25) is 0 Å². The highest BCUT2D eigenvalue weighted by molar-refractivity contribution is 7.98. The molecule has 0 spiro atoms. The molecule has 0 aromatic rings. The average Bonchev–Trinajstić information content (AvgIpc) is 1.93. The van der Waals surface area contributed by atoms with E-state index in [1.807, 2.05) is 11.8 Å². The molecule has 1 aliphatic rings. The third-order valence-electron chi connectivity index (χ3n) is 2.36. The van der Waals surface area contributed by atoms with Crippen molar-refractivity contribution in [2.45, 2.75) is 25.7 Å². The van der Waals surface area contributed by atoms with Crippen LogP contribution in [0.15, 0.2) is 0 Å². The molecule has 1 aliphatic carbocycles. The fourth-order valence-corrected chi connectivity index (χ4v) is 1.78. The van der Waals surface area contributed by atoms with Crippen molar-refractivity contribution in [3.63, 3.8) is 0 Å². The molecule has 0 aliphatic heterocycles. The van der Waals surface area contributed by atoms with Crippen LogP contribution in [0.4, 0.5) is 0 Å². The Morgan fingerprint density at radius 1 is 1.45 bits per heavy atom. The lowest BCUT2D eigenvalue weighted by molar-refractivity contribution is 0.302. The van der Waals surface area contributed by atoms with Crippen molar-refractivity contribution < 1.29 is 0 Å². The second kappa shape index (κ2) is 5.90. The van der Waals surface area contributed by atoms with Gasteiger partial charge in [-0.2, -0.15) is 11.8 Å². The van der Waals surface area contributed by atoms with Gasteiger partial charge in [-0.05, 0) is 50.3 Å². The molecule has 66 valence electrons. The Bertz CT molecular complexity index is 91.6. The van der Waals surface area contributed by atoms with E-state index in [0.29, 0.717) is 0 Å². The summed E-state index contributed by atoms with van der Waals surface area (Å²) in [4.78, 5) is 0. The van der Waals surface area contributed by atoms with Gasteiger partial charge in [0.1, 0.15) is 0 Å². The van der Waals surface area contributed by atoms with E-state index < -0.39 is 0 Å². The van der Waals surface area contributed by atoms with E-state index in [-0.39, 0.29) is 0 Å². The van der Waals surface area contributed by atoms with Crippen molar-refractivity contribution in [2.75, 3.05) is 25.1 Å². The summed E-state index contributed by atoms with van der Waals surface area (Å²) in [6.07, 6.45) is 7.90. The van der Waals surface area contributed by atoms with Crippen LogP contribution in [-0.4, -0.2) is 25.1 Å². The fourth-order valence-electron chi connectivity index (χ4n) is 1.34. The molecule has 0 aromatic heterocycles. The van der Waals surface area contributed by atoms with Crippen molar-refractivity contribution in [3.05, 3.63) is 0 Å². The van der Waals surface area contributed by atoms with E-state index >= 15 is 0 Å². The SMILES string of the molecule is CSCCCNCC1CCC1. The lowest BCUT2D eigenvalue weighted by Crippen LogP contribution is -2.28. The summed E-state index contributed by atoms with van der Waals surface area (Å²) in [6.45, 7) is 2.49. The van der Waals surface area contributed by atoms with E-state index in [1.54, 1.807) is 0 Å². The molecule has 1 nitrogen and oxygen atoms in total. The molecule has 1 fully saturated rings. The summed E-state index contributed by atoms with van der Waals surface area (Å²) in [5, 5.41) is 3.51. The molecule has 0 atom stereocenters. The fraction of sp³-hybridized carbons (Fsp3) is 1.00. The summed E-state index contributed by atoms with van der Waals surface area (Å²) >= 11 is 1.94. The van der Waals surface area contributed by atoms with Crippen LogP contribution in [0.3, 0.4) is 0 Å². The smallest absolute Gasteiger partial charge is 0.00205 e. The minimum atomic E-state index is 1.02. The molecule has 0 bridgehead atoms. The predicted octanol–water partition coefficient (Wildman–Crippen LogP) is 2.13. The Labute approximate surface area is 74.3 Å². The predicted molar refractivity (Wildman–Crippen MR) is 53.2 cm³/mol. The van der Waals surface area contributed by atoms with Crippen LogP contribution in [0.1, 0.15) is 25.7 Å². The van der Waals surface area contributed by atoms with Gasteiger partial charge in [0, 0.05) is 0 Å². The minimum Gasteiger partial charge on any atom is -0.316 e. The van der Waals surface area contributed by atoms with E-state index in [2.05, 4.69) is 11.6 Å². The van der Waals surface area contributed by atoms with Gasteiger partial charge in [0.2, 0.25) is 0 Å². The third kappa shape index (κ3) is 4.02. The topological polar surface area (TPSA) is 12.0 Å². The Kier molecular flexibility index (Phi) is 5.04. The number of thioether (sulfide) groups is 1. The lowest BCUT2D eigenvalue weighted by Gasteiger charge is -2.25. The monoisotopic (exact) mass is 173 g/mol. The van der Waals surface area contributed by atoms with Crippen LogP contribution < -0.4 is 5.32 Å².